The smallest absolute Gasteiger partial charge is 0.222 e. The second-order valence-corrected chi connectivity index (χ2v) is 3.93. The van der Waals surface area contributed by atoms with Gasteiger partial charge in [0.05, 0.1) is 19.1 Å². The van der Waals surface area contributed by atoms with Gasteiger partial charge in [-0.25, -0.2) is 0 Å². The van der Waals surface area contributed by atoms with E-state index in [0.29, 0.717) is 19.6 Å². The number of amides is 1. The van der Waals surface area contributed by atoms with E-state index in [4.69, 9.17) is 9.47 Å². The Kier molecular flexibility index (Phi) is 7.12. The van der Waals surface area contributed by atoms with Gasteiger partial charge in [0.1, 0.15) is 0 Å². The van der Waals surface area contributed by atoms with Crippen molar-refractivity contribution in [3.8, 4) is 0 Å². The molecule has 0 saturated carbocycles. The Morgan fingerprint density at radius 1 is 1.44 bits per heavy atom. The van der Waals surface area contributed by atoms with Crippen LogP contribution in [-0.4, -0.2) is 52.0 Å². The first-order valence-corrected chi connectivity index (χ1v) is 5.91. The van der Waals surface area contributed by atoms with Gasteiger partial charge in [-0.05, 0) is 12.8 Å². The molecule has 1 amide bonds. The van der Waals surface area contributed by atoms with E-state index in [9.17, 15) is 4.79 Å². The molecule has 0 spiro atoms. The quantitative estimate of drug-likeness (QED) is 0.572. The second kappa shape index (κ2) is 8.50. The van der Waals surface area contributed by atoms with Crippen molar-refractivity contribution in [1.82, 2.24) is 10.6 Å². The average molecular weight is 230 g/mol. The Balaban J connectivity index is 1.89. The zero-order valence-corrected chi connectivity index (χ0v) is 9.96. The molecule has 1 atom stereocenters. The third kappa shape index (κ3) is 6.05. The van der Waals surface area contributed by atoms with Crippen molar-refractivity contribution in [3.63, 3.8) is 0 Å². The lowest BCUT2D eigenvalue weighted by atomic mass is 10.2. The van der Waals surface area contributed by atoms with E-state index in [2.05, 4.69) is 10.6 Å². The first kappa shape index (κ1) is 13.4. The van der Waals surface area contributed by atoms with Crippen LogP contribution in [0.2, 0.25) is 0 Å². The number of methoxy groups -OCH3 is 1. The molecule has 1 aliphatic rings. The summed E-state index contributed by atoms with van der Waals surface area (Å²) in [6.07, 6.45) is 2.73. The van der Waals surface area contributed by atoms with Crippen LogP contribution in [0.3, 0.4) is 0 Å². The lowest BCUT2D eigenvalue weighted by molar-refractivity contribution is -0.123. The molecule has 0 radical (unpaired) electrons. The normalized spacial score (nSPS) is 19.9. The van der Waals surface area contributed by atoms with Crippen molar-refractivity contribution >= 4 is 5.91 Å². The van der Waals surface area contributed by atoms with Crippen LogP contribution in [0.1, 0.15) is 19.3 Å². The van der Waals surface area contributed by atoms with Crippen LogP contribution in [0.15, 0.2) is 0 Å². The van der Waals surface area contributed by atoms with E-state index in [-0.39, 0.29) is 12.0 Å². The third-order valence-electron chi connectivity index (χ3n) is 2.54. The fourth-order valence-electron chi connectivity index (χ4n) is 1.67. The molecule has 5 nitrogen and oxygen atoms in total. The largest absolute Gasteiger partial charge is 0.383 e. The molecule has 94 valence electrons. The summed E-state index contributed by atoms with van der Waals surface area (Å²) in [4.78, 5) is 11.4. The topological polar surface area (TPSA) is 59.6 Å². The Morgan fingerprint density at radius 2 is 2.31 bits per heavy atom. The molecule has 0 aromatic heterocycles. The number of carbonyl (C=O) groups is 1. The Labute approximate surface area is 96.9 Å². The number of hydrogen-bond acceptors (Lipinski definition) is 4. The summed E-state index contributed by atoms with van der Waals surface area (Å²) in [7, 11) is 1.67. The third-order valence-corrected chi connectivity index (χ3v) is 2.54. The van der Waals surface area contributed by atoms with Gasteiger partial charge in [-0.2, -0.15) is 0 Å². The van der Waals surface area contributed by atoms with Crippen molar-refractivity contribution in [2.24, 2.45) is 0 Å². The number of hydrogen-bond donors (Lipinski definition) is 2. The molecule has 1 saturated heterocycles. The summed E-state index contributed by atoms with van der Waals surface area (Å²) < 4.78 is 10.3. The zero-order chi connectivity index (χ0) is 11.6. The Bertz CT molecular complexity index is 194. The first-order valence-electron chi connectivity index (χ1n) is 5.91. The van der Waals surface area contributed by atoms with E-state index < -0.39 is 0 Å². The molecule has 0 aliphatic carbocycles. The van der Waals surface area contributed by atoms with Crippen molar-refractivity contribution in [2.45, 2.75) is 25.4 Å². The van der Waals surface area contributed by atoms with Gasteiger partial charge < -0.3 is 20.1 Å². The Morgan fingerprint density at radius 3 is 3.00 bits per heavy atom. The fraction of sp³-hybridized carbons (Fsp3) is 0.909. The van der Waals surface area contributed by atoms with E-state index in [0.717, 1.165) is 32.5 Å². The van der Waals surface area contributed by atoms with Gasteiger partial charge >= 0.3 is 0 Å². The SMILES string of the molecule is COCCNCCNC(=O)CC1CCCO1. The van der Waals surface area contributed by atoms with Crippen LogP contribution in [-0.2, 0) is 14.3 Å². The van der Waals surface area contributed by atoms with E-state index in [1.165, 1.54) is 0 Å². The minimum atomic E-state index is 0.0837. The summed E-state index contributed by atoms with van der Waals surface area (Å²) >= 11 is 0. The van der Waals surface area contributed by atoms with Crippen LogP contribution in [0, 0.1) is 0 Å². The highest BCUT2D eigenvalue weighted by Gasteiger charge is 2.18. The van der Waals surface area contributed by atoms with Crippen LogP contribution in [0.5, 0.6) is 0 Å². The maximum absolute atomic E-state index is 11.4. The standard InChI is InChI=1S/C11H22N2O3/c1-15-8-6-12-4-5-13-11(14)9-10-3-2-7-16-10/h10,12H,2-9H2,1H3,(H,13,14). The van der Waals surface area contributed by atoms with Crippen LogP contribution in [0.25, 0.3) is 0 Å². The van der Waals surface area contributed by atoms with Gasteiger partial charge in [0.15, 0.2) is 0 Å². The minimum absolute atomic E-state index is 0.0837. The lowest BCUT2D eigenvalue weighted by Gasteiger charge is -2.10. The molecule has 1 aliphatic heterocycles. The average Bonchev–Trinajstić information content (AvgIpc) is 2.76. The van der Waals surface area contributed by atoms with E-state index in [1.807, 2.05) is 0 Å². The molecule has 2 N–H and O–H groups in total. The highest BCUT2D eigenvalue weighted by atomic mass is 16.5. The maximum Gasteiger partial charge on any atom is 0.222 e. The van der Waals surface area contributed by atoms with Crippen molar-refractivity contribution in [1.29, 1.82) is 0 Å². The molecule has 1 rings (SSSR count). The monoisotopic (exact) mass is 230 g/mol. The van der Waals surface area contributed by atoms with Gasteiger partial charge in [-0.15, -0.1) is 0 Å². The van der Waals surface area contributed by atoms with Crippen molar-refractivity contribution in [2.75, 3.05) is 40.0 Å². The minimum Gasteiger partial charge on any atom is -0.383 e. The van der Waals surface area contributed by atoms with Crippen molar-refractivity contribution in [3.05, 3.63) is 0 Å². The maximum atomic E-state index is 11.4. The summed E-state index contributed by atoms with van der Waals surface area (Å²) in [6.45, 7) is 3.76. The van der Waals surface area contributed by atoms with Crippen LogP contribution >= 0.6 is 0 Å². The summed E-state index contributed by atoms with van der Waals surface area (Å²) in [5.74, 6) is 0.0837. The first-order chi connectivity index (χ1) is 7.83. The predicted molar refractivity (Wildman–Crippen MR) is 61.3 cm³/mol. The van der Waals surface area contributed by atoms with Gasteiger partial charge in [0, 0.05) is 33.4 Å². The van der Waals surface area contributed by atoms with Gasteiger partial charge in [-0.3, -0.25) is 4.79 Å². The molecule has 0 aromatic carbocycles. The number of carbonyl (C=O) groups excluding carboxylic acids is 1. The highest BCUT2D eigenvalue weighted by Crippen LogP contribution is 2.14. The molecule has 1 heterocycles. The molecule has 5 heteroatoms. The molecular weight excluding hydrogens is 208 g/mol. The summed E-state index contributed by atoms with van der Waals surface area (Å²) in [5, 5.41) is 6.03. The molecular formula is C11H22N2O3. The van der Waals surface area contributed by atoms with Gasteiger partial charge in [0.2, 0.25) is 5.91 Å². The lowest BCUT2D eigenvalue weighted by Crippen LogP contribution is -2.34. The molecule has 1 unspecified atom stereocenters. The van der Waals surface area contributed by atoms with Gasteiger partial charge in [-0.1, -0.05) is 0 Å². The second-order valence-electron chi connectivity index (χ2n) is 3.93. The zero-order valence-electron chi connectivity index (χ0n) is 9.96. The Hall–Kier alpha value is -0.650. The molecule has 0 aromatic rings. The number of ether oxygens (including phenoxy) is 2. The molecule has 16 heavy (non-hydrogen) atoms. The fourth-order valence-corrected chi connectivity index (χ4v) is 1.67. The van der Waals surface area contributed by atoms with Crippen LogP contribution in [0.4, 0.5) is 0 Å². The van der Waals surface area contributed by atoms with Crippen LogP contribution < -0.4 is 10.6 Å². The number of nitrogens with one attached hydrogen (secondary N) is 2. The van der Waals surface area contributed by atoms with Crippen molar-refractivity contribution < 1.29 is 14.3 Å². The molecule has 1 fully saturated rings. The summed E-state index contributed by atoms with van der Waals surface area (Å²) in [5.41, 5.74) is 0. The highest BCUT2D eigenvalue weighted by molar-refractivity contribution is 5.76. The van der Waals surface area contributed by atoms with E-state index in [1.54, 1.807) is 7.11 Å². The van der Waals surface area contributed by atoms with E-state index >= 15 is 0 Å². The number of rotatable bonds is 8. The molecule has 0 bridgehead atoms. The summed E-state index contributed by atoms with van der Waals surface area (Å²) in [6, 6.07) is 0. The predicted octanol–water partition coefficient (Wildman–Crippen LogP) is -0.0923. The van der Waals surface area contributed by atoms with Gasteiger partial charge in [0.25, 0.3) is 0 Å².